The fourth-order valence-electron chi connectivity index (χ4n) is 3.54. The van der Waals surface area contributed by atoms with Crippen LogP contribution in [0.4, 0.5) is 10.1 Å². The molecule has 0 fully saturated rings. The Balaban J connectivity index is 1.80. The van der Waals surface area contributed by atoms with E-state index in [9.17, 15) is 14.0 Å². The fourth-order valence-corrected chi connectivity index (χ4v) is 3.84. The lowest BCUT2D eigenvalue weighted by molar-refractivity contribution is -0.120. The first-order valence-corrected chi connectivity index (χ1v) is 10.2. The molecule has 2 amide bonds. The first kappa shape index (κ1) is 21.1. The van der Waals surface area contributed by atoms with Gasteiger partial charge in [0.2, 0.25) is 0 Å². The molecule has 1 aliphatic heterocycles. The topological polar surface area (TPSA) is 40.6 Å². The maximum atomic E-state index is 13.5. The Morgan fingerprint density at radius 3 is 2.19 bits per heavy atom. The Bertz CT molecular complexity index is 1190. The smallest absolute Gasteiger partial charge is 0.282 e. The lowest BCUT2D eigenvalue weighted by Gasteiger charge is -2.21. The van der Waals surface area contributed by atoms with E-state index < -0.39 is 17.6 Å². The number of hydrogen-bond acceptors (Lipinski definition) is 3. The van der Waals surface area contributed by atoms with Crippen LogP contribution >= 0.6 is 23.2 Å². The van der Waals surface area contributed by atoms with Crippen LogP contribution in [0.25, 0.3) is 5.57 Å². The minimum absolute atomic E-state index is 0.203. The van der Waals surface area contributed by atoms with Crippen LogP contribution in [0, 0.1) is 5.82 Å². The summed E-state index contributed by atoms with van der Waals surface area (Å²) in [6.07, 6.45) is 0. The van der Waals surface area contributed by atoms with E-state index in [2.05, 4.69) is 0 Å². The number of imide groups is 1. The largest absolute Gasteiger partial charge is 0.365 e. The molecule has 7 heteroatoms. The number of carbonyl (C=O) groups excluding carboxylic acids is 2. The number of halogens is 3. The van der Waals surface area contributed by atoms with E-state index in [-0.39, 0.29) is 16.3 Å². The van der Waals surface area contributed by atoms with Gasteiger partial charge in [0.25, 0.3) is 11.8 Å². The van der Waals surface area contributed by atoms with Crippen molar-refractivity contribution in [1.82, 2.24) is 4.90 Å². The highest BCUT2D eigenvalue weighted by atomic mass is 35.5. The highest BCUT2D eigenvalue weighted by Crippen LogP contribution is 2.36. The van der Waals surface area contributed by atoms with Crippen molar-refractivity contribution in [3.8, 4) is 0 Å². The van der Waals surface area contributed by atoms with Crippen molar-refractivity contribution in [3.63, 3.8) is 0 Å². The first-order chi connectivity index (χ1) is 14.9. The lowest BCUT2D eigenvalue weighted by atomic mass is 10.0. The van der Waals surface area contributed by atoms with Gasteiger partial charge in [-0.15, -0.1) is 0 Å². The number of anilines is 1. The summed E-state index contributed by atoms with van der Waals surface area (Å²) < 4.78 is 13.5. The molecule has 0 spiro atoms. The molecule has 0 unspecified atom stereocenters. The van der Waals surface area contributed by atoms with Crippen LogP contribution in [0.3, 0.4) is 0 Å². The molecule has 0 atom stereocenters. The minimum Gasteiger partial charge on any atom is -0.365 e. The third kappa shape index (κ3) is 4.07. The third-order valence-electron chi connectivity index (χ3n) is 5.00. The van der Waals surface area contributed by atoms with Crippen LogP contribution in [0.1, 0.15) is 11.1 Å². The normalized spacial score (nSPS) is 13.9. The summed E-state index contributed by atoms with van der Waals surface area (Å²) in [4.78, 5) is 29.7. The second-order valence-electron chi connectivity index (χ2n) is 7.12. The molecule has 1 aliphatic rings. The number of nitrogens with zero attached hydrogens (tertiary/aromatic N) is 2. The molecule has 0 radical (unpaired) electrons. The van der Waals surface area contributed by atoms with Crippen molar-refractivity contribution < 1.29 is 14.0 Å². The van der Waals surface area contributed by atoms with Gasteiger partial charge in [0.1, 0.15) is 11.5 Å². The average Bonchev–Trinajstić information content (AvgIpc) is 3.02. The zero-order valence-corrected chi connectivity index (χ0v) is 18.0. The summed E-state index contributed by atoms with van der Waals surface area (Å²) in [5.41, 5.74) is 2.18. The van der Waals surface area contributed by atoms with E-state index in [1.54, 1.807) is 18.0 Å². The van der Waals surface area contributed by atoms with Gasteiger partial charge < -0.3 is 4.90 Å². The Morgan fingerprint density at radius 2 is 1.55 bits per heavy atom. The van der Waals surface area contributed by atoms with Gasteiger partial charge in [-0.2, -0.15) is 0 Å². The molecule has 4 rings (SSSR count). The molecule has 3 aromatic carbocycles. The van der Waals surface area contributed by atoms with Crippen molar-refractivity contribution in [2.75, 3.05) is 11.9 Å². The van der Waals surface area contributed by atoms with Crippen molar-refractivity contribution in [1.29, 1.82) is 0 Å². The van der Waals surface area contributed by atoms with Gasteiger partial charge in [0, 0.05) is 13.6 Å². The lowest BCUT2D eigenvalue weighted by Crippen LogP contribution is -2.34. The minimum atomic E-state index is -0.509. The molecule has 4 nitrogen and oxygen atoms in total. The van der Waals surface area contributed by atoms with Gasteiger partial charge in [0.15, 0.2) is 0 Å². The quantitative estimate of drug-likeness (QED) is 0.474. The SMILES string of the molecule is CN(Cc1ccccc1)C1=C(c2ccc(F)cc2)C(=O)N(c2ccc(Cl)c(Cl)c2)C1=O. The Hall–Kier alpha value is -3.15. The number of benzene rings is 3. The van der Waals surface area contributed by atoms with Crippen LogP contribution in [0.2, 0.25) is 10.0 Å². The van der Waals surface area contributed by atoms with Gasteiger partial charge in [0.05, 0.1) is 21.3 Å². The van der Waals surface area contributed by atoms with Gasteiger partial charge in [-0.3, -0.25) is 9.59 Å². The summed E-state index contributed by atoms with van der Waals surface area (Å²) in [6.45, 7) is 0.412. The van der Waals surface area contributed by atoms with Crippen molar-refractivity contribution in [2.24, 2.45) is 0 Å². The van der Waals surface area contributed by atoms with Gasteiger partial charge in [-0.1, -0.05) is 65.7 Å². The molecule has 0 N–H and O–H groups in total. The molecule has 0 saturated heterocycles. The zero-order valence-electron chi connectivity index (χ0n) is 16.5. The molecule has 0 bridgehead atoms. The van der Waals surface area contributed by atoms with E-state index in [4.69, 9.17) is 23.2 Å². The van der Waals surface area contributed by atoms with Crippen LogP contribution in [0.5, 0.6) is 0 Å². The maximum absolute atomic E-state index is 13.5. The first-order valence-electron chi connectivity index (χ1n) is 9.46. The van der Waals surface area contributed by atoms with E-state index in [1.165, 1.54) is 36.4 Å². The Morgan fingerprint density at radius 1 is 0.871 bits per heavy atom. The average molecular weight is 455 g/mol. The third-order valence-corrected chi connectivity index (χ3v) is 5.74. The number of likely N-dealkylation sites (N-methyl/N-ethyl adjacent to an activating group) is 1. The molecular formula is C24H17Cl2FN2O2. The standard InChI is InChI=1S/C24H17Cl2FN2O2/c1-28(14-15-5-3-2-4-6-15)22-21(16-7-9-17(27)10-8-16)23(30)29(24(22)31)18-11-12-19(25)20(26)13-18/h2-13H,14H2,1H3. The monoisotopic (exact) mass is 454 g/mol. The predicted molar refractivity (Wildman–Crippen MR) is 120 cm³/mol. The van der Waals surface area contributed by atoms with Gasteiger partial charge >= 0.3 is 0 Å². The molecule has 31 heavy (non-hydrogen) atoms. The summed E-state index contributed by atoms with van der Waals surface area (Å²) in [6, 6.07) is 19.7. The molecule has 0 aromatic heterocycles. The number of rotatable bonds is 5. The highest BCUT2D eigenvalue weighted by Gasteiger charge is 2.41. The van der Waals surface area contributed by atoms with Crippen LogP contribution in [-0.2, 0) is 16.1 Å². The fraction of sp³-hybridized carbons (Fsp3) is 0.0833. The van der Waals surface area contributed by atoms with E-state index in [0.717, 1.165) is 10.5 Å². The summed E-state index contributed by atoms with van der Waals surface area (Å²) in [5.74, 6) is -1.42. The summed E-state index contributed by atoms with van der Waals surface area (Å²) in [7, 11) is 1.75. The molecule has 1 heterocycles. The van der Waals surface area contributed by atoms with E-state index >= 15 is 0 Å². The van der Waals surface area contributed by atoms with Crippen molar-refractivity contribution in [2.45, 2.75) is 6.54 Å². The summed E-state index contributed by atoms with van der Waals surface area (Å²) >= 11 is 12.1. The molecule has 0 saturated carbocycles. The maximum Gasteiger partial charge on any atom is 0.282 e. The van der Waals surface area contributed by atoms with E-state index in [0.29, 0.717) is 22.8 Å². The molecule has 156 valence electrons. The molecular weight excluding hydrogens is 438 g/mol. The molecule has 0 aliphatic carbocycles. The second kappa shape index (κ2) is 8.53. The highest BCUT2D eigenvalue weighted by molar-refractivity contribution is 6.46. The molecule has 3 aromatic rings. The summed E-state index contributed by atoms with van der Waals surface area (Å²) in [5, 5.41) is 0.548. The Labute approximate surface area is 189 Å². The number of amides is 2. The van der Waals surface area contributed by atoms with Gasteiger partial charge in [-0.05, 0) is 41.5 Å². The van der Waals surface area contributed by atoms with Crippen LogP contribution in [0.15, 0.2) is 78.5 Å². The number of hydrogen-bond donors (Lipinski definition) is 0. The Kier molecular flexibility index (Phi) is 5.81. The van der Waals surface area contributed by atoms with Gasteiger partial charge in [-0.25, -0.2) is 9.29 Å². The van der Waals surface area contributed by atoms with E-state index in [1.807, 2.05) is 30.3 Å². The number of carbonyl (C=O) groups is 2. The van der Waals surface area contributed by atoms with Crippen LogP contribution in [-0.4, -0.2) is 23.8 Å². The predicted octanol–water partition coefficient (Wildman–Crippen LogP) is 5.55. The van der Waals surface area contributed by atoms with Crippen molar-refractivity contribution in [3.05, 3.63) is 105 Å². The second-order valence-corrected chi connectivity index (χ2v) is 7.93. The van der Waals surface area contributed by atoms with Crippen molar-refractivity contribution >= 4 is 46.3 Å². The zero-order chi connectivity index (χ0) is 22.1. The van der Waals surface area contributed by atoms with Crippen LogP contribution < -0.4 is 4.90 Å².